The average Bonchev–Trinajstić information content (AvgIpc) is 2.78. The molecule has 1 fully saturated rings. The molecule has 4 nitrogen and oxygen atoms in total. The molecule has 0 spiro atoms. The number of anilines is 1. The summed E-state index contributed by atoms with van der Waals surface area (Å²) < 4.78 is 0. The zero-order valence-electron chi connectivity index (χ0n) is 13.0. The highest BCUT2D eigenvalue weighted by molar-refractivity contribution is 7.80. The molecule has 1 aromatic rings. The number of para-hydroxylation sites is 1. The Morgan fingerprint density at radius 1 is 1.04 bits per heavy atom. The van der Waals surface area contributed by atoms with Crippen molar-refractivity contribution in [2.45, 2.75) is 0 Å². The van der Waals surface area contributed by atoms with Crippen LogP contribution in [0.1, 0.15) is 0 Å². The molecule has 1 amide bonds. The van der Waals surface area contributed by atoms with Gasteiger partial charge in [-0.2, -0.15) is 0 Å². The largest absolute Gasteiger partial charge is 0.351 e. The lowest BCUT2D eigenvalue weighted by atomic mass is 10.2. The molecule has 0 atom stereocenters. The van der Waals surface area contributed by atoms with Crippen molar-refractivity contribution in [2.24, 2.45) is 0 Å². The Morgan fingerprint density at radius 2 is 1.78 bits per heavy atom. The molecule has 0 N–H and O–H groups in total. The fourth-order valence-corrected chi connectivity index (χ4v) is 2.75. The zero-order chi connectivity index (χ0) is 16.4. The Bertz CT molecular complexity index is 762. The molecule has 0 aromatic heterocycles. The Balaban J connectivity index is 1.92. The number of benzene rings is 1. The number of hydrogen-bond donors (Lipinski definition) is 0. The van der Waals surface area contributed by atoms with Gasteiger partial charge in [0.15, 0.2) is 5.11 Å². The van der Waals surface area contributed by atoms with Crippen LogP contribution in [0.15, 0.2) is 78.3 Å². The van der Waals surface area contributed by atoms with Gasteiger partial charge in [0.2, 0.25) is 0 Å². The van der Waals surface area contributed by atoms with E-state index in [0.717, 1.165) is 11.4 Å². The second kappa shape index (κ2) is 6.22. The third-order valence-corrected chi connectivity index (χ3v) is 4.24. The van der Waals surface area contributed by atoms with Crippen molar-refractivity contribution in [1.29, 1.82) is 0 Å². The summed E-state index contributed by atoms with van der Waals surface area (Å²) in [6.45, 7) is 0. The van der Waals surface area contributed by atoms with Crippen LogP contribution in [0.25, 0.3) is 0 Å². The molecule has 3 rings (SSSR count). The van der Waals surface area contributed by atoms with Crippen LogP contribution in [0, 0.1) is 0 Å². The van der Waals surface area contributed by atoms with Crippen LogP contribution in [0.4, 0.5) is 5.69 Å². The van der Waals surface area contributed by atoms with Gasteiger partial charge in [-0.15, -0.1) is 0 Å². The van der Waals surface area contributed by atoms with E-state index >= 15 is 0 Å². The summed E-state index contributed by atoms with van der Waals surface area (Å²) in [7, 11) is 3.78. The number of allylic oxidation sites excluding steroid dienone is 5. The first-order valence-corrected chi connectivity index (χ1v) is 7.67. The van der Waals surface area contributed by atoms with Gasteiger partial charge in [0.1, 0.15) is 5.70 Å². The SMILES string of the molecule is CN1C=CC=CC1=CC=C1C(=O)N(c2ccccc2)C(=S)N1C. The van der Waals surface area contributed by atoms with Gasteiger partial charge in [0, 0.05) is 26.0 Å². The molecule has 0 unspecified atom stereocenters. The Hall–Kier alpha value is -2.66. The van der Waals surface area contributed by atoms with Crippen LogP contribution < -0.4 is 4.90 Å². The summed E-state index contributed by atoms with van der Waals surface area (Å²) >= 11 is 5.43. The van der Waals surface area contributed by atoms with Crippen molar-refractivity contribution in [2.75, 3.05) is 19.0 Å². The standard InChI is InChI=1S/C18H17N3OS/c1-19-13-7-6-8-14(19)11-12-16-17(22)21(18(23)20(16)2)15-9-4-3-5-10-15/h3-13H,1-2H3. The summed E-state index contributed by atoms with van der Waals surface area (Å²) in [6.07, 6.45) is 11.6. The van der Waals surface area contributed by atoms with E-state index in [2.05, 4.69) is 0 Å². The van der Waals surface area contributed by atoms with Gasteiger partial charge in [0.05, 0.1) is 5.69 Å². The third kappa shape index (κ3) is 2.83. The highest BCUT2D eigenvalue weighted by Gasteiger charge is 2.36. The summed E-state index contributed by atoms with van der Waals surface area (Å²) in [5.41, 5.74) is 2.34. The van der Waals surface area contributed by atoms with Crippen LogP contribution in [-0.4, -0.2) is 34.9 Å². The number of amides is 1. The lowest BCUT2D eigenvalue weighted by Gasteiger charge is -2.17. The van der Waals surface area contributed by atoms with E-state index in [4.69, 9.17) is 12.2 Å². The van der Waals surface area contributed by atoms with Crippen LogP contribution in [0.5, 0.6) is 0 Å². The lowest BCUT2D eigenvalue weighted by Crippen LogP contribution is -2.30. The van der Waals surface area contributed by atoms with E-state index < -0.39 is 0 Å². The van der Waals surface area contributed by atoms with E-state index in [1.807, 2.05) is 85.9 Å². The van der Waals surface area contributed by atoms with Crippen molar-refractivity contribution in [3.05, 3.63) is 78.3 Å². The van der Waals surface area contributed by atoms with E-state index in [0.29, 0.717) is 10.8 Å². The van der Waals surface area contributed by atoms with Crippen molar-refractivity contribution < 1.29 is 4.79 Å². The molecule has 2 heterocycles. The van der Waals surface area contributed by atoms with E-state index in [1.165, 1.54) is 0 Å². The first-order valence-electron chi connectivity index (χ1n) is 7.26. The molecule has 1 aromatic carbocycles. The summed E-state index contributed by atoms with van der Waals surface area (Å²) in [6, 6.07) is 9.45. The summed E-state index contributed by atoms with van der Waals surface area (Å²) in [4.78, 5) is 18.0. The van der Waals surface area contributed by atoms with E-state index in [9.17, 15) is 4.79 Å². The van der Waals surface area contributed by atoms with Gasteiger partial charge in [-0.1, -0.05) is 24.3 Å². The number of thiocarbonyl (C=S) groups is 1. The van der Waals surface area contributed by atoms with Crippen molar-refractivity contribution >= 4 is 28.9 Å². The van der Waals surface area contributed by atoms with Gasteiger partial charge in [-0.25, -0.2) is 0 Å². The fraction of sp³-hybridized carbons (Fsp3) is 0.111. The molecule has 1 saturated heterocycles. The molecule has 0 radical (unpaired) electrons. The molecule has 2 aliphatic rings. The van der Waals surface area contributed by atoms with Gasteiger partial charge in [-0.3, -0.25) is 9.69 Å². The van der Waals surface area contributed by atoms with Gasteiger partial charge < -0.3 is 9.80 Å². The molecule has 0 saturated carbocycles. The maximum atomic E-state index is 12.7. The minimum absolute atomic E-state index is 0.112. The Labute approximate surface area is 141 Å². The number of likely N-dealkylation sites (N-methyl/N-ethyl adjacent to an activating group) is 2. The second-order valence-electron chi connectivity index (χ2n) is 5.27. The number of nitrogens with zero attached hydrogens (tertiary/aromatic N) is 3. The third-order valence-electron chi connectivity index (χ3n) is 3.78. The normalized spacial score (nSPS) is 21.2. The first-order chi connectivity index (χ1) is 11.1. The molecule has 5 heteroatoms. The molecule has 0 aliphatic carbocycles. The van der Waals surface area contributed by atoms with Crippen molar-refractivity contribution in [3.8, 4) is 0 Å². The van der Waals surface area contributed by atoms with Gasteiger partial charge >= 0.3 is 0 Å². The number of hydrogen-bond acceptors (Lipinski definition) is 3. The van der Waals surface area contributed by atoms with Crippen LogP contribution in [-0.2, 0) is 4.79 Å². The minimum Gasteiger partial charge on any atom is -0.351 e. The highest BCUT2D eigenvalue weighted by atomic mass is 32.1. The Kier molecular flexibility index (Phi) is 4.12. The first kappa shape index (κ1) is 15.2. The monoisotopic (exact) mass is 323 g/mol. The number of rotatable bonds is 2. The van der Waals surface area contributed by atoms with Crippen LogP contribution in [0.3, 0.4) is 0 Å². The smallest absolute Gasteiger partial charge is 0.281 e. The average molecular weight is 323 g/mol. The minimum atomic E-state index is -0.112. The molecular formula is C18H17N3OS. The summed E-state index contributed by atoms with van der Waals surface area (Å²) in [5.74, 6) is -0.112. The maximum absolute atomic E-state index is 12.7. The van der Waals surface area contributed by atoms with Crippen LogP contribution >= 0.6 is 12.2 Å². The predicted molar refractivity (Wildman–Crippen MR) is 96.5 cm³/mol. The molecular weight excluding hydrogens is 306 g/mol. The van der Waals surface area contributed by atoms with Crippen LogP contribution in [0.2, 0.25) is 0 Å². The van der Waals surface area contributed by atoms with Gasteiger partial charge in [0.25, 0.3) is 5.91 Å². The van der Waals surface area contributed by atoms with Crippen molar-refractivity contribution in [3.63, 3.8) is 0 Å². The topological polar surface area (TPSA) is 26.8 Å². The molecule has 23 heavy (non-hydrogen) atoms. The molecule has 0 bridgehead atoms. The summed E-state index contributed by atoms with van der Waals surface area (Å²) in [5, 5.41) is 0.485. The maximum Gasteiger partial charge on any atom is 0.281 e. The number of carbonyl (C=O) groups excluding carboxylic acids is 1. The number of carbonyl (C=O) groups is 1. The highest BCUT2D eigenvalue weighted by Crippen LogP contribution is 2.26. The quantitative estimate of drug-likeness (QED) is 0.617. The van der Waals surface area contributed by atoms with Gasteiger partial charge in [-0.05, 0) is 48.7 Å². The Morgan fingerprint density at radius 3 is 2.48 bits per heavy atom. The zero-order valence-corrected chi connectivity index (χ0v) is 13.8. The van der Waals surface area contributed by atoms with E-state index in [1.54, 1.807) is 9.80 Å². The second-order valence-corrected chi connectivity index (χ2v) is 5.64. The molecule has 2 aliphatic heterocycles. The lowest BCUT2D eigenvalue weighted by molar-refractivity contribution is -0.114. The molecule has 116 valence electrons. The fourth-order valence-electron chi connectivity index (χ4n) is 2.46. The predicted octanol–water partition coefficient (Wildman–Crippen LogP) is 3.03. The van der Waals surface area contributed by atoms with Crippen molar-refractivity contribution in [1.82, 2.24) is 9.80 Å². The van der Waals surface area contributed by atoms with E-state index in [-0.39, 0.29) is 5.91 Å².